The van der Waals surface area contributed by atoms with Crippen LogP contribution >= 0.6 is 12.4 Å². The zero-order valence-corrected chi connectivity index (χ0v) is 21.6. The summed E-state index contributed by atoms with van der Waals surface area (Å²) in [6.07, 6.45) is 7.92. The third-order valence-corrected chi connectivity index (χ3v) is 7.46. The average Bonchev–Trinajstić information content (AvgIpc) is 3.35. The molecule has 2 aromatic carbocycles. The molecule has 0 spiro atoms. The summed E-state index contributed by atoms with van der Waals surface area (Å²) in [5.74, 6) is 0.988. The molecule has 0 bridgehead atoms. The molecular formula is C28H43ClN4O. The van der Waals surface area contributed by atoms with Gasteiger partial charge >= 0.3 is 0 Å². The summed E-state index contributed by atoms with van der Waals surface area (Å²) in [6, 6.07) is 15.3. The predicted octanol–water partition coefficient (Wildman–Crippen LogP) is 4.10. The molecule has 2 aromatic rings. The van der Waals surface area contributed by atoms with Crippen molar-refractivity contribution in [3.8, 4) is 0 Å². The number of hydrogen-bond donors (Lipinski definition) is 2. The summed E-state index contributed by atoms with van der Waals surface area (Å²) in [5.41, 5.74) is 1.15. The molecule has 4 rings (SSSR count). The van der Waals surface area contributed by atoms with E-state index in [1.165, 1.54) is 49.5 Å². The van der Waals surface area contributed by atoms with Crippen molar-refractivity contribution < 1.29 is 4.79 Å². The van der Waals surface area contributed by atoms with Gasteiger partial charge in [0, 0.05) is 32.2 Å². The van der Waals surface area contributed by atoms with Gasteiger partial charge in [-0.1, -0.05) is 42.5 Å². The lowest BCUT2D eigenvalue weighted by Gasteiger charge is -2.34. The Kier molecular flexibility index (Phi) is 11.1. The highest BCUT2D eigenvalue weighted by Gasteiger charge is 2.24. The highest BCUT2D eigenvalue weighted by molar-refractivity contribution is 5.90. The summed E-state index contributed by atoms with van der Waals surface area (Å²) in [4.78, 5) is 17.5. The van der Waals surface area contributed by atoms with Crippen molar-refractivity contribution in [2.75, 3.05) is 52.9 Å². The van der Waals surface area contributed by atoms with Crippen LogP contribution in [0.3, 0.4) is 0 Å². The van der Waals surface area contributed by atoms with Crippen LogP contribution < -0.4 is 10.6 Å². The summed E-state index contributed by atoms with van der Waals surface area (Å²) in [7, 11) is 2.26. The number of piperidine rings is 1. The Hall–Kier alpha value is -1.66. The smallest absolute Gasteiger partial charge is 0.227 e. The second kappa shape index (κ2) is 14.0. The van der Waals surface area contributed by atoms with Crippen molar-refractivity contribution in [3.63, 3.8) is 0 Å². The highest BCUT2D eigenvalue weighted by atomic mass is 35.5. The molecule has 0 radical (unpaired) electrons. The molecule has 5 nitrogen and oxygen atoms in total. The molecule has 34 heavy (non-hydrogen) atoms. The molecular weight excluding hydrogens is 444 g/mol. The summed E-state index contributed by atoms with van der Waals surface area (Å²) in [5, 5.41) is 9.57. The number of unbranched alkanes of at least 4 members (excludes halogenated alkanes) is 1. The number of likely N-dealkylation sites (tertiary alicyclic amines) is 1. The van der Waals surface area contributed by atoms with Gasteiger partial charge in [-0.2, -0.15) is 0 Å². The Balaban J connectivity index is 0.00000324. The zero-order valence-electron chi connectivity index (χ0n) is 20.8. The van der Waals surface area contributed by atoms with Crippen molar-refractivity contribution in [1.82, 2.24) is 20.4 Å². The molecule has 2 saturated heterocycles. The Morgan fingerprint density at radius 2 is 1.88 bits per heavy atom. The molecule has 2 N–H and O–H groups in total. The van der Waals surface area contributed by atoms with Crippen LogP contribution in [0, 0.1) is 5.92 Å². The number of carbonyl (C=O) groups is 1. The molecule has 2 aliphatic heterocycles. The van der Waals surface area contributed by atoms with Gasteiger partial charge in [-0.25, -0.2) is 0 Å². The molecule has 0 unspecified atom stereocenters. The van der Waals surface area contributed by atoms with Crippen LogP contribution in [0.1, 0.15) is 44.1 Å². The molecule has 1 atom stereocenters. The van der Waals surface area contributed by atoms with Gasteiger partial charge < -0.3 is 20.4 Å². The first kappa shape index (κ1) is 26.9. The van der Waals surface area contributed by atoms with Crippen molar-refractivity contribution in [1.29, 1.82) is 0 Å². The highest BCUT2D eigenvalue weighted by Crippen LogP contribution is 2.22. The number of hydrogen-bond acceptors (Lipinski definition) is 4. The van der Waals surface area contributed by atoms with Gasteiger partial charge in [-0.05, 0) is 87.5 Å². The number of fused-ring (bicyclic) bond motifs is 1. The SMILES string of the molecule is CN(CCCCNC[C@@H]1CCCN1)CC1CCN(C(=O)Cc2cccc3ccccc23)CC1.Cl. The lowest BCUT2D eigenvalue weighted by atomic mass is 9.95. The Morgan fingerprint density at radius 1 is 1.09 bits per heavy atom. The third kappa shape index (κ3) is 7.94. The molecule has 0 saturated carbocycles. The van der Waals surface area contributed by atoms with Crippen LogP contribution in [0.25, 0.3) is 10.8 Å². The minimum Gasteiger partial charge on any atom is -0.342 e. The van der Waals surface area contributed by atoms with Gasteiger partial charge in [0.1, 0.15) is 0 Å². The quantitative estimate of drug-likeness (QED) is 0.469. The van der Waals surface area contributed by atoms with Crippen LogP contribution in [0.5, 0.6) is 0 Å². The number of amides is 1. The van der Waals surface area contributed by atoms with Gasteiger partial charge in [0.05, 0.1) is 6.42 Å². The summed E-state index contributed by atoms with van der Waals surface area (Å²) >= 11 is 0. The fourth-order valence-electron chi connectivity index (χ4n) is 5.46. The van der Waals surface area contributed by atoms with E-state index >= 15 is 0 Å². The molecule has 0 aliphatic carbocycles. The standard InChI is InChI=1S/C28H42N4O.ClH/c1-31(17-5-4-15-29-21-26-11-7-16-30-26)22-23-13-18-32(19-14-23)28(33)20-25-10-6-9-24-8-2-3-12-27(24)25;/h2-3,6,8-10,12,23,26,29-30H,4-5,7,11,13-22H2,1H3;1H/t26-;/m0./s1. The van der Waals surface area contributed by atoms with Gasteiger partial charge in [0.15, 0.2) is 0 Å². The first-order chi connectivity index (χ1) is 16.2. The molecule has 0 aromatic heterocycles. The molecule has 1 amide bonds. The Morgan fingerprint density at radius 3 is 2.68 bits per heavy atom. The van der Waals surface area contributed by atoms with Gasteiger partial charge in [0.2, 0.25) is 5.91 Å². The topological polar surface area (TPSA) is 47.6 Å². The van der Waals surface area contributed by atoms with Crippen LogP contribution in [-0.2, 0) is 11.2 Å². The van der Waals surface area contributed by atoms with E-state index in [0.29, 0.717) is 18.4 Å². The number of nitrogens with zero attached hydrogens (tertiary/aromatic N) is 2. The molecule has 2 heterocycles. The van der Waals surface area contributed by atoms with Crippen molar-refractivity contribution >= 4 is 29.1 Å². The minimum atomic E-state index is 0. The maximum atomic E-state index is 13.0. The number of nitrogens with one attached hydrogen (secondary N) is 2. The normalized spacial score (nSPS) is 19.0. The van der Waals surface area contributed by atoms with Gasteiger partial charge in [-0.3, -0.25) is 4.79 Å². The summed E-state index contributed by atoms with van der Waals surface area (Å²) in [6.45, 7) is 7.57. The average molecular weight is 487 g/mol. The maximum absolute atomic E-state index is 13.0. The van der Waals surface area contributed by atoms with Gasteiger partial charge in [0.25, 0.3) is 0 Å². The second-order valence-corrected chi connectivity index (χ2v) is 10.1. The van der Waals surface area contributed by atoms with Crippen molar-refractivity contribution in [2.45, 2.75) is 51.0 Å². The van der Waals surface area contributed by atoms with E-state index in [1.807, 2.05) is 0 Å². The van der Waals surface area contributed by atoms with Crippen LogP contribution in [-0.4, -0.2) is 74.6 Å². The number of halogens is 1. The predicted molar refractivity (Wildman–Crippen MR) is 145 cm³/mol. The molecule has 2 fully saturated rings. The van der Waals surface area contributed by atoms with E-state index in [4.69, 9.17) is 0 Å². The Labute approximate surface area is 212 Å². The van der Waals surface area contributed by atoms with E-state index in [0.717, 1.165) is 51.1 Å². The molecule has 188 valence electrons. The first-order valence-corrected chi connectivity index (χ1v) is 13.1. The van der Waals surface area contributed by atoms with Crippen molar-refractivity contribution in [2.24, 2.45) is 5.92 Å². The molecule has 6 heteroatoms. The summed E-state index contributed by atoms with van der Waals surface area (Å²) < 4.78 is 0. The van der Waals surface area contributed by atoms with E-state index in [2.05, 4.69) is 69.9 Å². The molecule has 2 aliphatic rings. The Bertz CT molecular complexity index is 872. The largest absolute Gasteiger partial charge is 0.342 e. The van der Waals surface area contributed by atoms with Gasteiger partial charge in [-0.15, -0.1) is 12.4 Å². The lowest BCUT2D eigenvalue weighted by Crippen LogP contribution is -2.41. The number of rotatable bonds is 11. The zero-order chi connectivity index (χ0) is 22.9. The fourth-order valence-corrected chi connectivity index (χ4v) is 5.46. The first-order valence-electron chi connectivity index (χ1n) is 13.1. The lowest BCUT2D eigenvalue weighted by molar-refractivity contribution is -0.131. The van der Waals surface area contributed by atoms with E-state index < -0.39 is 0 Å². The number of benzene rings is 2. The van der Waals surface area contributed by atoms with E-state index in [9.17, 15) is 4.79 Å². The van der Waals surface area contributed by atoms with Crippen LogP contribution in [0.15, 0.2) is 42.5 Å². The fraction of sp³-hybridized carbons (Fsp3) is 0.607. The van der Waals surface area contributed by atoms with Crippen molar-refractivity contribution in [3.05, 3.63) is 48.0 Å². The second-order valence-electron chi connectivity index (χ2n) is 10.1. The van der Waals surface area contributed by atoms with E-state index in [1.54, 1.807) is 0 Å². The maximum Gasteiger partial charge on any atom is 0.227 e. The minimum absolute atomic E-state index is 0. The van der Waals surface area contributed by atoms with E-state index in [-0.39, 0.29) is 18.3 Å². The monoisotopic (exact) mass is 486 g/mol. The van der Waals surface area contributed by atoms with Crippen LogP contribution in [0.4, 0.5) is 0 Å². The number of carbonyl (C=O) groups excluding carboxylic acids is 1. The van der Waals surface area contributed by atoms with Crippen LogP contribution in [0.2, 0.25) is 0 Å². The third-order valence-electron chi connectivity index (χ3n) is 7.46.